The van der Waals surface area contributed by atoms with Crippen molar-refractivity contribution in [3.8, 4) is 5.75 Å². The molecular formula is C25H30ClN3O3. The van der Waals surface area contributed by atoms with Crippen LogP contribution in [0.5, 0.6) is 5.75 Å². The van der Waals surface area contributed by atoms with Gasteiger partial charge < -0.3 is 15.4 Å². The minimum absolute atomic E-state index is 0.0568. The summed E-state index contributed by atoms with van der Waals surface area (Å²) in [7, 11) is 1.62. The van der Waals surface area contributed by atoms with Crippen LogP contribution in [0.1, 0.15) is 39.5 Å². The number of halogens is 1. The van der Waals surface area contributed by atoms with E-state index in [-0.39, 0.29) is 24.3 Å². The number of nitrogens with zero attached hydrogens (tertiary/aromatic N) is 2. The van der Waals surface area contributed by atoms with E-state index in [9.17, 15) is 9.59 Å². The number of methoxy groups -OCH3 is 1. The highest BCUT2D eigenvalue weighted by Gasteiger charge is 2.44. The molecule has 2 N–H and O–H groups in total. The SMILES string of the molecule is COc1cccc(C(=O)N2CC3CN(C(CC(N)=O)c4ccc(C)c(Cl)c4)CC3C2)c1C. The Balaban J connectivity index is 1.48. The Morgan fingerprint density at radius 3 is 2.41 bits per heavy atom. The number of nitrogens with two attached hydrogens (primary N) is 1. The molecule has 2 saturated heterocycles. The topological polar surface area (TPSA) is 75.9 Å². The molecule has 0 spiro atoms. The highest BCUT2D eigenvalue weighted by Crippen LogP contribution is 2.38. The van der Waals surface area contributed by atoms with Crippen LogP contribution in [0.3, 0.4) is 0 Å². The molecule has 0 aliphatic carbocycles. The van der Waals surface area contributed by atoms with Gasteiger partial charge in [0.2, 0.25) is 5.91 Å². The fourth-order valence-electron chi connectivity index (χ4n) is 5.15. The fraction of sp³-hybridized carbons (Fsp3) is 0.440. The van der Waals surface area contributed by atoms with E-state index in [1.165, 1.54) is 0 Å². The number of hydrogen-bond acceptors (Lipinski definition) is 4. The minimum Gasteiger partial charge on any atom is -0.496 e. The molecule has 3 unspecified atom stereocenters. The van der Waals surface area contributed by atoms with Crippen LogP contribution < -0.4 is 10.5 Å². The zero-order valence-electron chi connectivity index (χ0n) is 18.8. The van der Waals surface area contributed by atoms with Crippen LogP contribution in [0.4, 0.5) is 0 Å². The molecule has 7 heteroatoms. The van der Waals surface area contributed by atoms with Crippen LogP contribution in [0.25, 0.3) is 0 Å². The first kappa shape index (κ1) is 22.6. The van der Waals surface area contributed by atoms with E-state index in [2.05, 4.69) is 4.90 Å². The molecule has 2 amide bonds. The van der Waals surface area contributed by atoms with Gasteiger partial charge >= 0.3 is 0 Å². The molecular weight excluding hydrogens is 426 g/mol. The standard InChI is InChI=1S/C25H30ClN3O3/c1-15-7-8-17(9-21(15)26)22(10-24(27)30)28-11-18-13-29(14-19(18)12-28)25(31)20-5-4-6-23(32-3)16(20)2/h4-9,18-19,22H,10-14H2,1-3H3,(H2,27,30). The second-order valence-corrected chi connectivity index (χ2v) is 9.42. The van der Waals surface area contributed by atoms with Crippen LogP contribution in [-0.4, -0.2) is 54.9 Å². The molecule has 0 bridgehead atoms. The normalized spacial score (nSPS) is 21.4. The number of carbonyl (C=O) groups excluding carboxylic acids is 2. The van der Waals surface area contributed by atoms with E-state index < -0.39 is 0 Å². The predicted octanol–water partition coefficient (Wildman–Crippen LogP) is 3.59. The quantitative estimate of drug-likeness (QED) is 0.722. The first-order valence-corrected chi connectivity index (χ1v) is 11.4. The lowest BCUT2D eigenvalue weighted by atomic mass is 10.0. The van der Waals surface area contributed by atoms with Crippen molar-refractivity contribution in [3.05, 3.63) is 63.7 Å². The number of rotatable bonds is 6. The Morgan fingerprint density at radius 1 is 1.12 bits per heavy atom. The van der Waals surface area contributed by atoms with E-state index in [0.29, 0.717) is 35.5 Å². The Morgan fingerprint density at radius 2 is 1.81 bits per heavy atom. The van der Waals surface area contributed by atoms with Crippen LogP contribution in [0, 0.1) is 25.7 Å². The highest BCUT2D eigenvalue weighted by atomic mass is 35.5. The van der Waals surface area contributed by atoms with Gasteiger partial charge in [-0.25, -0.2) is 0 Å². The molecule has 2 aliphatic rings. The van der Waals surface area contributed by atoms with E-state index in [1.54, 1.807) is 7.11 Å². The maximum absolute atomic E-state index is 13.2. The summed E-state index contributed by atoms with van der Waals surface area (Å²) in [4.78, 5) is 29.3. The lowest BCUT2D eigenvalue weighted by Gasteiger charge is -2.29. The number of primary amides is 1. The molecule has 2 aromatic rings. The molecule has 2 aromatic carbocycles. The van der Waals surface area contributed by atoms with Crippen molar-refractivity contribution in [2.45, 2.75) is 26.3 Å². The molecule has 4 rings (SSSR count). The molecule has 32 heavy (non-hydrogen) atoms. The predicted molar refractivity (Wildman–Crippen MR) is 125 cm³/mol. The Labute approximate surface area is 194 Å². The second-order valence-electron chi connectivity index (χ2n) is 9.01. The average Bonchev–Trinajstić information content (AvgIpc) is 3.33. The number of likely N-dealkylation sites (tertiary alicyclic amines) is 2. The van der Waals surface area contributed by atoms with Crippen molar-refractivity contribution < 1.29 is 14.3 Å². The highest BCUT2D eigenvalue weighted by molar-refractivity contribution is 6.31. The van der Waals surface area contributed by atoms with Gasteiger partial charge in [0.1, 0.15) is 5.75 Å². The summed E-state index contributed by atoms with van der Waals surface area (Å²) in [5.41, 5.74) is 9.17. The summed E-state index contributed by atoms with van der Waals surface area (Å²) in [6.45, 7) is 6.98. The van der Waals surface area contributed by atoms with Crippen LogP contribution in [0.15, 0.2) is 36.4 Å². The van der Waals surface area contributed by atoms with E-state index in [1.807, 2.05) is 55.1 Å². The minimum atomic E-state index is -0.325. The van der Waals surface area contributed by atoms with Crippen molar-refractivity contribution in [2.24, 2.45) is 17.6 Å². The van der Waals surface area contributed by atoms with Crippen molar-refractivity contribution >= 4 is 23.4 Å². The third-order valence-corrected chi connectivity index (χ3v) is 7.36. The number of aryl methyl sites for hydroxylation is 1. The maximum atomic E-state index is 13.2. The summed E-state index contributed by atoms with van der Waals surface area (Å²) >= 11 is 6.36. The lowest BCUT2D eigenvalue weighted by Crippen LogP contribution is -2.36. The molecule has 3 atom stereocenters. The van der Waals surface area contributed by atoms with Crippen LogP contribution in [-0.2, 0) is 4.79 Å². The smallest absolute Gasteiger partial charge is 0.254 e. The van der Waals surface area contributed by atoms with Gasteiger partial charge in [0.15, 0.2) is 0 Å². The summed E-state index contributed by atoms with van der Waals surface area (Å²) in [5, 5.41) is 0.696. The lowest BCUT2D eigenvalue weighted by molar-refractivity contribution is -0.119. The summed E-state index contributed by atoms with van der Waals surface area (Å²) in [6.07, 6.45) is 0.254. The van der Waals surface area contributed by atoms with Gasteiger partial charge in [-0.2, -0.15) is 0 Å². The van der Waals surface area contributed by atoms with Gasteiger partial charge in [-0.05, 0) is 55.0 Å². The van der Waals surface area contributed by atoms with Crippen LogP contribution >= 0.6 is 11.6 Å². The molecule has 0 aromatic heterocycles. The van der Waals surface area contributed by atoms with Crippen molar-refractivity contribution in [1.29, 1.82) is 0 Å². The third kappa shape index (κ3) is 4.34. The summed E-state index contributed by atoms with van der Waals surface area (Å²) in [6, 6.07) is 11.5. The van der Waals surface area contributed by atoms with Crippen molar-refractivity contribution in [2.75, 3.05) is 33.3 Å². The fourth-order valence-corrected chi connectivity index (χ4v) is 5.34. The Bertz CT molecular complexity index is 1030. The summed E-state index contributed by atoms with van der Waals surface area (Å²) < 4.78 is 5.38. The van der Waals surface area contributed by atoms with Gasteiger partial charge in [0, 0.05) is 54.8 Å². The van der Waals surface area contributed by atoms with Crippen molar-refractivity contribution in [3.63, 3.8) is 0 Å². The largest absolute Gasteiger partial charge is 0.496 e. The average molecular weight is 456 g/mol. The van der Waals surface area contributed by atoms with Gasteiger partial charge in [-0.15, -0.1) is 0 Å². The number of benzene rings is 2. The van der Waals surface area contributed by atoms with Gasteiger partial charge in [0.05, 0.1) is 7.11 Å². The Hall–Kier alpha value is -2.57. The van der Waals surface area contributed by atoms with E-state index in [4.69, 9.17) is 22.1 Å². The Kier molecular flexibility index (Phi) is 6.45. The van der Waals surface area contributed by atoms with Gasteiger partial charge in [-0.1, -0.05) is 29.8 Å². The zero-order chi connectivity index (χ0) is 23.0. The molecule has 2 aliphatic heterocycles. The zero-order valence-corrected chi connectivity index (χ0v) is 19.6. The first-order chi connectivity index (χ1) is 15.3. The molecule has 170 valence electrons. The number of ether oxygens (including phenoxy) is 1. The summed E-state index contributed by atoms with van der Waals surface area (Å²) in [5.74, 6) is 1.21. The number of hydrogen-bond donors (Lipinski definition) is 1. The van der Waals surface area contributed by atoms with E-state index in [0.717, 1.165) is 35.5 Å². The molecule has 0 radical (unpaired) electrons. The number of carbonyl (C=O) groups is 2. The maximum Gasteiger partial charge on any atom is 0.254 e. The van der Waals surface area contributed by atoms with Crippen molar-refractivity contribution in [1.82, 2.24) is 9.80 Å². The molecule has 6 nitrogen and oxygen atoms in total. The van der Waals surface area contributed by atoms with Gasteiger partial charge in [-0.3, -0.25) is 14.5 Å². The molecule has 2 fully saturated rings. The second kappa shape index (κ2) is 9.12. The third-order valence-electron chi connectivity index (χ3n) is 6.95. The molecule has 0 saturated carbocycles. The number of amides is 2. The van der Waals surface area contributed by atoms with Crippen LogP contribution in [0.2, 0.25) is 5.02 Å². The molecule has 2 heterocycles. The number of fused-ring (bicyclic) bond motifs is 1. The van der Waals surface area contributed by atoms with Gasteiger partial charge in [0.25, 0.3) is 5.91 Å². The van der Waals surface area contributed by atoms with E-state index >= 15 is 0 Å². The monoisotopic (exact) mass is 455 g/mol. The first-order valence-electron chi connectivity index (χ1n) is 11.0.